The third-order valence-corrected chi connectivity index (χ3v) is 4.07. The van der Waals surface area contributed by atoms with Gasteiger partial charge >= 0.3 is 0 Å². The first-order chi connectivity index (χ1) is 7.75. The second kappa shape index (κ2) is 4.44. The highest BCUT2D eigenvalue weighted by molar-refractivity contribution is 5.89. The van der Waals surface area contributed by atoms with E-state index in [0.29, 0.717) is 0 Å². The van der Waals surface area contributed by atoms with Gasteiger partial charge in [0.05, 0.1) is 5.41 Å². The Balaban J connectivity index is 3.35. The molecule has 2 heteroatoms. The topological polar surface area (TPSA) is 34.1 Å². The van der Waals surface area contributed by atoms with Gasteiger partial charge in [0.15, 0.2) is 0 Å². The molecule has 0 heterocycles. The van der Waals surface area contributed by atoms with Crippen LogP contribution in [-0.2, 0) is 15.0 Å². The zero-order valence-corrected chi connectivity index (χ0v) is 11.2. The molecule has 0 aromatic heterocycles. The number of hydrogen-bond donors (Lipinski definition) is 0. The highest BCUT2D eigenvalue weighted by atomic mass is 16.1. The van der Waals surface area contributed by atoms with Gasteiger partial charge < -0.3 is 4.79 Å². The lowest BCUT2D eigenvalue weighted by Gasteiger charge is -2.38. The fourth-order valence-corrected chi connectivity index (χ4v) is 1.84. The third kappa shape index (κ3) is 2.17. The molecule has 1 atom stereocenters. The van der Waals surface area contributed by atoms with Crippen molar-refractivity contribution in [2.75, 3.05) is 0 Å². The van der Waals surface area contributed by atoms with Gasteiger partial charge in [0.2, 0.25) is 0 Å². The molecule has 92 valence electrons. The summed E-state index contributed by atoms with van der Waals surface area (Å²) in [4.78, 5) is 23.3. The second-order valence-corrected chi connectivity index (χ2v) is 5.37. The zero-order valence-electron chi connectivity index (χ0n) is 11.2. The SMILES string of the molecule is CC(=O)C(C)(C)C(C)(C=O)c1ccc(C)cc1. The molecule has 0 spiro atoms. The minimum Gasteiger partial charge on any atom is -0.302 e. The molecule has 1 unspecified atom stereocenters. The first-order valence-corrected chi connectivity index (χ1v) is 5.80. The van der Waals surface area contributed by atoms with E-state index in [1.807, 2.05) is 52.0 Å². The van der Waals surface area contributed by atoms with Gasteiger partial charge in [-0.3, -0.25) is 4.79 Å². The van der Waals surface area contributed by atoms with Gasteiger partial charge in [-0.05, 0) is 26.3 Å². The zero-order chi connectivity index (χ0) is 13.3. The molecular formula is C15H20O2. The Morgan fingerprint density at radius 1 is 1.12 bits per heavy atom. The number of Topliss-reactive ketones (excluding diaryl/α,β-unsaturated/α-hetero) is 1. The van der Waals surface area contributed by atoms with E-state index in [9.17, 15) is 9.59 Å². The Labute approximate surface area is 103 Å². The number of hydrogen-bond acceptors (Lipinski definition) is 2. The molecular weight excluding hydrogens is 212 g/mol. The van der Waals surface area contributed by atoms with E-state index in [-0.39, 0.29) is 5.78 Å². The lowest BCUT2D eigenvalue weighted by molar-refractivity contribution is -0.132. The number of ketones is 1. The van der Waals surface area contributed by atoms with Crippen molar-refractivity contribution in [1.82, 2.24) is 0 Å². The second-order valence-electron chi connectivity index (χ2n) is 5.37. The van der Waals surface area contributed by atoms with Crippen LogP contribution >= 0.6 is 0 Å². The van der Waals surface area contributed by atoms with Crippen molar-refractivity contribution in [2.24, 2.45) is 5.41 Å². The number of rotatable bonds is 4. The average molecular weight is 232 g/mol. The molecule has 0 aliphatic carbocycles. The van der Waals surface area contributed by atoms with Crippen molar-refractivity contribution in [3.05, 3.63) is 35.4 Å². The fourth-order valence-electron chi connectivity index (χ4n) is 1.84. The van der Waals surface area contributed by atoms with Crippen LogP contribution in [0.5, 0.6) is 0 Å². The first-order valence-electron chi connectivity index (χ1n) is 5.80. The van der Waals surface area contributed by atoms with E-state index in [0.717, 1.165) is 17.4 Å². The van der Waals surface area contributed by atoms with Crippen LogP contribution < -0.4 is 0 Å². The van der Waals surface area contributed by atoms with Crippen LogP contribution in [0, 0.1) is 12.3 Å². The molecule has 0 N–H and O–H groups in total. The molecule has 0 saturated carbocycles. The Hall–Kier alpha value is -1.44. The summed E-state index contributed by atoms with van der Waals surface area (Å²) < 4.78 is 0. The maximum atomic E-state index is 11.8. The molecule has 17 heavy (non-hydrogen) atoms. The number of carbonyl (C=O) groups excluding carboxylic acids is 2. The lowest BCUT2D eigenvalue weighted by atomic mass is 9.62. The molecule has 0 radical (unpaired) electrons. The van der Waals surface area contributed by atoms with Gasteiger partial charge in [-0.2, -0.15) is 0 Å². The number of benzene rings is 1. The lowest BCUT2D eigenvalue weighted by Crippen LogP contribution is -2.45. The standard InChI is InChI=1S/C15H20O2/c1-11-6-8-13(9-7-11)15(5,10-16)14(3,4)12(2)17/h6-10H,1-5H3. The van der Waals surface area contributed by atoms with E-state index in [1.165, 1.54) is 6.92 Å². The summed E-state index contributed by atoms with van der Waals surface area (Å²) in [7, 11) is 0. The molecule has 1 rings (SSSR count). The fraction of sp³-hybridized carbons (Fsp3) is 0.467. The van der Waals surface area contributed by atoms with Gasteiger partial charge in [0.1, 0.15) is 12.1 Å². The normalized spacial score (nSPS) is 15.1. The van der Waals surface area contributed by atoms with Crippen LogP contribution in [-0.4, -0.2) is 12.1 Å². The smallest absolute Gasteiger partial charge is 0.136 e. The van der Waals surface area contributed by atoms with Crippen molar-refractivity contribution in [2.45, 2.75) is 40.0 Å². The molecule has 0 saturated heterocycles. The van der Waals surface area contributed by atoms with Crippen molar-refractivity contribution in [3.8, 4) is 0 Å². The highest BCUT2D eigenvalue weighted by Crippen LogP contribution is 2.40. The summed E-state index contributed by atoms with van der Waals surface area (Å²) in [5.74, 6) is 0.0210. The van der Waals surface area contributed by atoms with Crippen molar-refractivity contribution < 1.29 is 9.59 Å². The van der Waals surface area contributed by atoms with Crippen LogP contribution in [0.4, 0.5) is 0 Å². The average Bonchev–Trinajstić information content (AvgIpc) is 2.28. The molecule has 0 aliphatic heterocycles. The summed E-state index contributed by atoms with van der Waals surface area (Å²) in [5.41, 5.74) is 0.539. The van der Waals surface area contributed by atoms with Crippen LogP contribution in [0.2, 0.25) is 0 Å². The van der Waals surface area contributed by atoms with Gasteiger partial charge in [0.25, 0.3) is 0 Å². The van der Waals surface area contributed by atoms with Crippen LogP contribution in [0.15, 0.2) is 24.3 Å². The number of aldehydes is 1. The van der Waals surface area contributed by atoms with Crippen LogP contribution in [0.25, 0.3) is 0 Å². The number of aryl methyl sites for hydroxylation is 1. The third-order valence-electron chi connectivity index (χ3n) is 4.07. The van der Waals surface area contributed by atoms with Gasteiger partial charge in [-0.1, -0.05) is 43.7 Å². The van der Waals surface area contributed by atoms with Crippen molar-refractivity contribution in [1.29, 1.82) is 0 Å². The summed E-state index contributed by atoms with van der Waals surface area (Å²) in [6.07, 6.45) is 0.888. The van der Waals surface area contributed by atoms with E-state index >= 15 is 0 Å². The summed E-state index contributed by atoms with van der Waals surface area (Å²) in [6.45, 7) is 9.01. The molecule has 0 bridgehead atoms. The molecule has 1 aromatic rings. The molecule has 0 fully saturated rings. The molecule has 0 aliphatic rings. The molecule has 1 aromatic carbocycles. The van der Waals surface area contributed by atoms with E-state index < -0.39 is 10.8 Å². The van der Waals surface area contributed by atoms with Crippen LogP contribution in [0.1, 0.15) is 38.8 Å². The van der Waals surface area contributed by atoms with Crippen molar-refractivity contribution in [3.63, 3.8) is 0 Å². The quantitative estimate of drug-likeness (QED) is 0.748. The summed E-state index contributed by atoms with van der Waals surface area (Å²) >= 11 is 0. The first kappa shape index (κ1) is 13.6. The van der Waals surface area contributed by atoms with Gasteiger partial charge in [-0.25, -0.2) is 0 Å². The Kier molecular flexibility index (Phi) is 3.56. The predicted octanol–water partition coefficient (Wildman–Crippen LogP) is 3.07. The summed E-state index contributed by atoms with van der Waals surface area (Å²) in [5, 5.41) is 0. The minimum atomic E-state index is -0.785. The summed E-state index contributed by atoms with van der Waals surface area (Å²) in [6, 6.07) is 7.78. The Morgan fingerprint density at radius 2 is 1.59 bits per heavy atom. The van der Waals surface area contributed by atoms with E-state index in [2.05, 4.69) is 0 Å². The number of carbonyl (C=O) groups is 2. The largest absolute Gasteiger partial charge is 0.302 e. The van der Waals surface area contributed by atoms with Gasteiger partial charge in [0, 0.05) is 5.41 Å². The maximum Gasteiger partial charge on any atom is 0.136 e. The highest BCUT2D eigenvalue weighted by Gasteiger charge is 2.45. The van der Waals surface area contributed by atoms with Gasteiger partial charge in [-0.15, -0.1) is 0 Å². The maximum absolute atomic E-state index is 11.8. The predicted molar refractivity (Wildman–Crippen MR) is 69.1 cm³/mol. The monoisotopic (exact) mass is 232 g/mol. The van der Waals surface area contributed by atoms with Crippen LogP contribution in [0.3, 0.4) is 0 Å². The van der Waals surface area contributed by atoms with E-state index in [4.69, 9.17) is 0 Å². The Morgan fingerprint density at radius 3 is 1.94 bits per heavy atom. The van der Waals surface area contributed by atoms with E-state index in [1.54, 1.807) is 0 Å². The molecule has 2 nitrogen and oxygen atoms in total. The Bertz CT molecular complexity index is 429. The minimum absolute atomic E-state index is 0.0210. The molecule has 0 amide bonds. The van der Waals surface area contributed by atoms with Crippen molar-refractivity contribution >= 4 is 12.1 Å².